The molecule has 0 unspecified atom stereocenters. The van der Waals surface area contributed by atoms with Gasteiger partial charge in [-0.3, -0.25) is 4.57 Å². The first-order valence-electron chi connectivity index (χ1n) is 5.48. The maximum Gasteiger partial charge on any atom is 0.353 e. The highest BCUT2D eigenvalue weighted by Gasteiger charge is 2.23. The van der Waals surface area contributed by atoms with Crippen molar-refractivity contribution in [1.82, 2.24) is 14.5 Å². The standard InChI is InChI=1S/C9H15N5O4/c10-7-11-8-13(5-18-6(3-15)4-16)1-2-14(8)9(17)12-7/h6,15-16H,1-5H2,(H2,10,12,17). The van der Waals surface area contributed by atoms with Crippen LogP contribution in [0.5, 0.6) is 0 Å². The third kappa shape index (κ3) is 2.42. The van der Waals surface area contributed by atoms with Gasteiger partial charge in [0.1, 0.15) is 12.8 Å². The zero-order chi connectivity index (χ0) is 13.1. The molecule has 4 N–H and O–H groups in total. The number of nitrogen functional groups attached to an aromatic ring is 1. The predicted molar refractivity (Wildman–Crippen MR) is 62.0 cm³/mol. The number of anilines is 2. The van der Waals surface area contributed by atoms with Crippen LogP contribution in [0.3, 0.4) is 0 Å². The molecule has 2 heterocycles. The fourth-order valence-electron chi connectivity index (χ4n) is 1.67. The molecule has 100 valence electrons. The SMILES string of the molecule is Nc1nc2n(c(=O)n1)CCN2COC(CO)CO. The first kappa shape index (κ1) is 12.7. The van der Waals surface area contributed by atoms with Gasteiger partial charge in [0.2, 0.25) is 11.9 Å². The second-order valence-corrected chi connectivity index (χ2v) is 3.86. The third-order valence-electron chi connectivity index (χ3n) is 2.65. The van der Waals surface area contributed by atoms with Crippen molar-refractivity contribution in [1.29, 1.82) is 0 Å². The first-order chi connectivity index (χ1) is 8.65. The van der Waals surface area contributed by atoms with E-state index in [4.69, 9.17) is 20.7 Å². The number of nitrogens with two attached hydrogens (primary N) is 1. The summed E-state index contributed by atoms with van der Waals surface area (Å²) in [7, 11) is 0. The quantitative estimate of drug-likeness (QED) is 0.522. The first-order valence-corrected chi connectivity index (χ1v) is 5.48. The van der Waals surface area contributed by atoms with E-state index in [2.05, 4.69) is 9.97 Å². The number of hydrogen-bond acceptors (Lipinski definition) is 8. The van der Waals surface area contributed by atoms with Gasteiger partial charge in [0.25, 0.3) is 0 Å². The number of nitrogens with zero attached hydrogens (tertiary/aromatic N) is 4. The average Bonchev–Trinajstić information content (AvgIpc) is 2.74. The fourth-order valence-corrected chi connectivity index (χ4v) is 1.67. The second kappa shape index (κ2) is 5.29. The molecule has 18 heavy (non-hydrogen) atoms. The van der Waals surface area contributed by atoms with Crippen LogP contribution in [0.4, 0.5) is 11.9 Å². The molecule has 1 aromatic rings. The summed E-state index contributed by atoms with van der Waals surface area (Å²) in [6.45, 7) is 0.561. The Bertz CT molecular complexity index is 473. The van der Waals surface area contributed by atoms with Gasteiger partial charge in [-0.1, -0.05) is 0 Å². The molecule has 0 saturated heterocycles. The van der Waals surface area contributed by atoms with Gasteiger partial charge in [0.05, 0.1) is 13.2 Å². The Morgan fingerprint density at radius 3 is 2.72 bits per heavy atom. The molecule has 0 bridgehead atoms. The van der Waals surface area contributed by atoms with Gasteiger partial charge < -0.3 is 25.6 Å². The lowest BCUT2D eigenvalue weighted by molar-refractivity contribution is -0.0188. The van der Waals surface area contributed by atoms with Gasteiger partial charge >= 0.3 is 5.69 Å². The normalized spacial score (nSPS) is 14.3. The molecule has 0 aliphatic carbocycles. The molecule has 1 aliphatic heterocycles. The van der Waals surface area contributed by atoms with Gasteiger partial charge in [-0.15, -0.1) is 0 Å². The Hall–Kier alpha value is -1.71. The highest BCUT2D eigenvalue weighted by atomic mass is 16.5. The lowest BCUT2D eigenvalue weighted by atomic mass is 10.4. The van der Waals surface area contributed by atoms with Crippen LogP contribution in [0.1, 0.15) is 0 Å². The molecule has 1 aliphatic rings. The second-order valence-electron chi connectivity index (χ2n) is 3.86. The van der Waals surface area contributed by atoms with Gasteiger partial charge in [-0.2, -0.15) is 9.97 Å². The summed E-state index contributed by atoms with van der Waals surface area (Å²) < 4.78 is 6.67. The van der Waals surface area contributed by atoms with Crippen molar-refractivity contribution >= 4 is 11.9 Å². The minimum atomic E-state index is -0.648. The van der Waals surface area contributed by atoms with Crippen LogP contribution in [0.25, 0.3) is 0 Å². The number of aliphatic hydroxyl groups is 2. The molecular formula is C9H15N5O4. The summed E-state index contributed by atoms with van der Waals surface area (Å²) in [6, 6.07) is 0. The number of aliphatic hydroxyl groups excluding tert-OH is 2. The van der Waals surface area contributed by atoms with Crippen LogP contribution in [0.2, 0.25) is 0 Å². The lowest BCUT2D eigenvalue weighted by Crippen LogP contribution is -2.32. The van der Waals surface area contributed by atoms with Crippen LogP contribution >= 0.6 is 0 Å². The Balaban J connectivity index is 2.09. The Morgan fingerprint density at radius 2 is 2.06 bits per heavy atom. The molecule has 9 heteroatoms. The summed E-state index contributed by atoms with van der Waals surface area (Å²) in [5, 5.41) is 17.8. The summed E-state index contributed by atoms with van der Waals surface area (Å²) in [5.74, 6) is 0.307. The van der Waals surface area contributed by atoms with E-state index in [0.717, 1.165) is 0 Å². The lowest BCUT2D eigenvalue weighted by Gasteiger charge is -2.20. The zero-order valence-corrected chi connectivity index (χ0v) is 9.69. The summed E-state index contributed by atoms with van der Waals surface area (Å²) in [5.41, 5.74) is 4.98. The molecule has 0 amide bonds. The van der Waals surface area contributed by atoms with E-state index in [-0.39, 0.29) is 25.9 Å². The number of aromatic nitrogens is 3. The van der Waals surface area contributed by atoms with Crippen LogP contribution in [0, 0.1) is 0 Å². The average molecular weight is 257 g/mol. The zero-order valence-electron chi connectivity index (χ0n) is 9.69. The summed E-state index contributed by atoms with van der Waals surface area (Å²) in [6.07, 6.45) is -0.648. The molecule has 1 aromatic heterocycles. The van der Waals surface area contributed by atoms with Crippen molar-refractivity contribution in [3.63, 3.8) is 0 Å². The number of ether oxygens (including phenoxy) is 1. The molecule has 9 nitrogen and oxygen atoms in total. The van der Waals surface area contributed by atoms with E-state index in [1.54, 1.807) is 4.90 Å². The Kier molecular flexibility index (Phi) is 3.75. The summed E-state index contributed by atoms with van der Waals surface area (Å²) in [4.78, 5) is 20.7. The number of rotatable bonds is 5. The molecule has 0 radical (unpaired) electrons. The predicted octanol–water partition coefficient (Wildman–Crippen LogP) is -2.63. The third-order valence-corrected chi connectivity index (χ3v) is 2.65. The minimum Gasteiger partial charge on any atom is -0.394 e. The molecule has 0 spiro atoms. The van der Waals surface area contributed by atoms with Crippen molar-refractivity contribution in [3.05, 3.63) is 10.5 Å². The van der Waals surface area contributed by atoms with E-state index < -0.39 is 11.8 Å². The van der Waals surface area contributed by atoms with E-state index >= 15 is 0 Å². The molecular weight excluding hydrogens is 242 g/mol. The van der Waals surface area contributed by atoms with Crippen LogP contribution in [0.15, 0.2) is 4.79 Å². The van der Waals surface area contributed by atoms with Crippen molar-refractivity contribution in [2.45, 2.75) is 12.6 Å². The van der Waals surface area contributed by atoms with Gasteiger partial charge in [0, 0.05) is 13.1 Å². The van der Waals surface area contributed by atoms with E-state index in [1.165, 1.54) is 4.57 Å². The molecule has 0 fully saturated rings. The monoisotopic (exact) mass is 257 g/mol. The fraction of sp³-hybridized carbons (Fsp3) is 0.667. The van der Waals surface area contributed by atoms with Crippen molar-refractivity contribution < 1.29 is 14.9 Å². The van der Waals surface area contributed by atoms with Crippen molar-refractivity contribution in [3.8, 4) is 0 Å². The molecule has 0 saturated carbocycles. The largest absolute Gasteiger partial charge is 0.394 e. The minimum absolute atomic E-state index is 0.0842. The van der Waals surface area contributed by atoms with E-state index in [0.29, 0.717) is 19.0 Å². The maximum atomic E-state index is 11.5. The number of hydrogen-bond donors (Lipinski definition) is 3. The van der Waals surface area contributed by atoms with Crippen molar-refractivity contribution in [2.24, 2.45) is 0 Å². The van der Waals surface area contributed by atoms with E-state index in [1.807, 2.05) is 0 Å². The smallest absolute Gasteiger partial charge is 0.353 e. The van der Waals surface area contributed by atoms with E-state index in [9.17, 15) is 4.79 Å². The highest BCUT2D eigenvalue weighted by Crippen LogP contribution is 2.16. The van der Waals surface area contributed by atoms with Gasteiger partial charge in [0.15, 0.2) is 0 Å². The van der Waals surface area contributed by atoms with Crippen molar-refractivity contribution in [2.75, 3.05) is 37.1 Å². The van der Waals surface area contributed by atoms with Crippen LogP contribution in [-0.2, 0) is 11.3 Å². The highest BCUT2D eigenvalue weighted by molar-refractivity contribution is 5.37. The van der Waals surface area contributed by atoms with Gasteiger partial charge in [-0.05, 0) is 0 Å². The molecule has 2 rings (SSSR count). The Morgan fingerprint density at radius 1 is 1.33 bits per heavy atom. The van der Waals surface area contributed by atoms with Crippen LogP contribution in [-0.4, -0.2) is 57.3 Å². The van der Waals surface area contributed by atoms with Gasteiger partial charge in [-0.25, -0.2) is 4.79 Å². The molecule has 0 aromatic carbocycles. The topological polar surface area (TPSA) is 127 Å². The van der Waals surface area contributed by atoms with Crippen LogP contribution < -0.4 is 16.3 Å². The molecule has 0 atom stereocenters. The summed E-state index contributed by atoms with van der Waals surface area (Å²) >= 11 is 0. The number of fused-ring (bicyclic) bond motifs is 1. The Labute approximate surface area is 102 Å². The maximum absolute atomic E-state index is 11.5.